The van der Waals surface area contributed by atoms with E-state index in [1.165, 1.54) is 0 Å². The molecule has 0 heterocycles. The lowest BCUT2D eigenvalue weighted by molar-refractivity contribution is -0.145. The molecule has 0 fully saturated rings. The SMILES string of the molecule is O=C(O)CC(F)(F)c1ccc(F)c(Br)c1. The maximum atomic E-state index is 13.2. The fourth-order valence-electron chi connectivity index (χ4n) is 1.02. The molecule has 1 aromatic rings. The summed E-state index contributed by atoms with van der Waals surface area (Å²) >= 11 is 2.75. The summed E-state index contributed by atoms with van der Waals surface area (Å²) in [6.45, 7) is 0. The first-order valence-corrected chi connectivity index (χ1v) is 4.67. The van der Waals surface area contributed by atoms with Crippen molar-refractivity contribution in [3.05, 3.63) is 34.1 Å². The van der Waals surface area contributed by atoms with E-state index in [9.17, 15) is 18.0 Å². The first-order chi connectivity index (χ1) is 6.83. The first-order valence-electron chi connectivity index (χ1n) is 3.88. The Morgan fingerprint density at radius 3 is 2.53 bits per heavy atom. The summed E-state index contributed by atoms with van der Waals surface area (Å²) in [5, 5.41) is 8.27. The molecular formula is C9H6BrF3O2. The van der Waals surface area contributed by atoms with Gasteiger partial charge in [-0.1, -0.05) is 6.07 Å². The van der Waals surface area contributed by atoms with Crippen LogP contribution in [0.2, 0.25) is 0 Å². The van der Waals surface area contributed by atoms with Crippen molar-refractivity contribution < 1.29 is 23.1 Å². The highest BCUT2D eigenvalue weighted by Crippen LogP contribution is 2.33. The van der Waals surface area contributed by atoms with E-state index >= 15 is 0 Å². The molecule has 2 nitrogen and oxygen atoms in total. The van der Waals surface area contributed by atoms with Gasteiger partial charge in [0.2, 0.25) is 0 Å². The molecule has 1 rings (SSSR count). The molecule has 0 aliphatic carbocycles. The Morgan fingerprint density at radius 1 is 1.47 bits per heavy atom. The van der Waals surface area contributed by atoms with Crippen LogP contribution in [0.1, 0.15) is 12.0 Å². The molecule has 0 saturated carbocycles. The number of rotatable bonds is 3. The molecule has 82 valence electrons. The topological polar surface area (TPSA) is 37.3 Å². The van der Waals surface area contributed by atoms with Crippen molar-refractivity contribution in [1.82, 2.24) is 0 Å². The van der Waals surface area contributed by atoms with Gasteiger partial charge in [0.15, 0.2) is 0 Å². The maximum absolute atomic E-state index is 13.2. The largest absolute Gasteiger partial charge is 0.481 e. The van der Waals surface area contributed by atoms with Crippen molar-refractivity contribution in [2.24, 2.45) is 0 Å². The van der Waals surface area contributed by atoms with E-state index in [1.807, 2.05) is 0 Å². The highest BCUT2D eigenvalue weighted by Gasteiger charge is 2.34. The van der Waals surface area contributed by atoms with Gasteiger partial charge in [-0.25, -0.2) is 13.2 Å². The summed E-state index contributed by atoms with van der Waals surface area (Å²) in [5.41, 5.74) is -0.529. The summed E-state index contributed by atoms with van der Waals surface area (Å²) in [5.74, 6) is -5.78. The lowest BCUT2D eigenvalue weighted by atomic mass is 10.1. The molecule has 0 radical (unpaired) electrons. The van der Waals surface area contributed by atoms with Crippen LogP contribution in [0.15, 0.2) is 22.7 Å². The lowest BCUT2D eigenvalue weighted by Crippen LogP contribution is -2.18. The predicted molar refractivity (Wildman–Crippen MR) is 50.2 cm³/mol. The maximum Gasteiger partial charge on any atom is 0.309 e. The summed E-state index contributed by atoms with van der Waals surface area (Å²) in [6, 6.07) is 2.59. The number of carboxylic acid groups (broad SMARTS) is 1. The van der Waals surface area contributed by atoms with E-state index in [1.54, 1.807) is 0 Å². The van der Waals surface area contributed by atoms with E-state index < -0.39 is 29.7 Å². The molecule has 0 aromatic heterocycles. The third-order valence-corrected chi connectivity index (χ3v) is 2.32. The zero-order valence-corrected chi connectivity index (χ0v) is 8.89. The second-order valence-corrected chi connectivity index (χ2v) is 3.76. The van der Waals surface area contributed by atoms with Gasteiger partial charge < -0.3 is 5.11 Å². The number of carboxylic acids is 1. The number of aliphatic carboxylic acids is 1. The van der Waals surface area contributed by atoms with Crippen LogP contribution in [0.5, 0.6) is 0 Å². The van der Waals surface area contributed by atoms with Gasteiger partial charge in [0.1, 0.15) is 12.2 Å². The van der Waals surface area contributed by atoms with Gasteiger partial charge in [0.25, 0.3) is 5.92 Å². The molecule has 0 aliphatic rings. The fourth-order valence-corrected chi connectivity index (χ4v) is 1.39. The zero-order chi connectivity index (χ0) is 11.6. The van der Waals surface area contributed by atoms with Crippen LogP contribution in [0.25, 0.3) is 0 Å². The van der Waals surface area contributed by atoms with Gasteiger partial charge in [-0.05, 0) is 28.1 Å². The molecule has 6 heteroatoms. The molecule has 0 bridgehead atoms. The third kappa shape index (κ3) is 2.95. The minimum Gasteiger partial charge on any atom is -0.481 e. The Balaban J connectivity index is 3.04. The Hall–Kier alpha value is -1.04. The van der Waals surface area contributed by atoms with Gasteiger partial charge in [0, 0.05) is 5.56 Å². The van der Waals surface area contributed by atoms with Gasteiger partial charge in [-0.3, -0.25) is 4.79 Å². The molecule has 0 atom stereocenters. The van der Waals surface area contributed by atoms with Crippen molar-refractivity contribution in [3.63, 3.8) is 0 Å². The summed E-state index contributed by atoms with van der Waals surface area (Å²) in [4.78, 5) is 10.2. The molecule has 1 aromatic carbocycles. The monoisotopic (exact) mass is 282 g/mol. The van der Waals surface area contributed by atoms with E-state index in [0.717, 1.165) is 18.2 Å². The standard InChI is InChI=1S/C9H6BrF3O2/c10-6-3-5(1-2-7(6)11)9(12,13)4-8(14)15/h1-3H,4H2,(H,14,15). The van der Waals surface area contributed by atoms with Gasteiger partial charge in [-0.2, -0.15) is 0 Å². The quantitative estimate of drug-likeness (QED) is 0.925. The third-order valence-electron chi connectivity index (χ3n) is 1.72. The van der Waals surface area contributed by atoms with Crippen molar-refractivity contribution in [3.8, 4) is 0 Å². The van der Waals surface area contributed by atoms with Crippen LogP contribution in [-0.4, -0.2) is 11.1 Å². The molecule has 15 heavy (non-hydrogen) atoms. The number of hydrogen-bond acceptors (Lipinski definition) is 1. The first kappa shape index (κ1) is 12.0. The normalized spacial score (nSPS) is 11.5. The van der Waals surface area contributed by atoms with Crippen LogP contribution in [0.3, 0.4) is 0 Å². The second kappa shape index (κ2) is 4.22. The Kier molecular flexibility index (Phi) is 3.38. The molecule has 0 aliphatic heterocycles. The molecule has 0 unspecified atom stereocenters. The van der Waals surface area contributed by atoms with Crippen LogP contribution in [-0.2, 0) is 10.7 Å². The second-order valence-electron chi connectivity index (χ2n) is 2.90. The van der Waals surface area contributed by atoms with Crippen molar-refractivity contribution in [1.29, 1.82) is 0 Å². The van der Waals surface area contributed by atoms with Gasteiger partial charge >= 0.3 is 5.97 Å². The van der Waals surface area contributed by atoms with E-state index in [-0.39, 0.29) is 4.47 Å². The Bertz CT molecular complexity index is 393. The number of alkyl halides is 2. The summed E-state index contributed by atoms with van der Waals surface area (Å²) in [6.07, 6.45) is -1.31. The average molecular weight is 283 g/mol. The van der Waals surface area contributed by atoms with Gasteiger partial charge in [0.05, 0.1) is 4.47 Å². The number of benzene rings is 1. The predicted octanol–water partition coefficient (Wildman–Crippen LogP) is 3.15. The number of halogens is 4. The minimum absolute atomic E-state index is 0.120. The van der Waals surface area contributed by atoms with Crippen molar-refractivity contribution in [2.75, 3.05) is 0 Å². The highest BCUT2D eigenvalue weighted by molar-refractivity contribution is 9.10. The van der Waals surface area contributed by atoms with E-state index in [0.29, 0.717) is 0 Å². The molecule has 0 spiro atoms. The highest BCUT2D eigenvalue weighted by atomic mass is 79.9. The smallest absolute Gasteiger partial charge is 0.309 e. The Morgan fingerprint density at radius 2 is 2.07 bits per heavy atom. The fraction of sp³-hybridized carbons (Fsp3) is 0.222. The van der Waals surface area contributed by atoms with E-state index in [4.69, 9.17) is 5.11 Å². The van der Waals surface area contributed by atoms with Gasteiger partial charge in [-0.15, -0.1) is 0 Å². The molecule has 0 saturated heterocycles. The zero-order valence-electron chi connectivity index (χ0n) is 7.31. The number of hydrogen-bond donors (Lipinski definition) is 1. The average Bonchev–Trinajstić information content (AvgIpc) is 2.07. The molecule has 0 amide bonds. The summed E-state index contributed by atoms with van der Waals surface area (Å²) < 4.78 is 39.0. The molecule has 1 N–H and O–H groups in total. The lowest BCUT2D eigenvalue weighted by Gasteiger charge is -2.14. The van der Waals surface area contributed by atoms with Crippen LogP contribution < -0.4 is 0 Å². The number of carbonyl (C=O) groups is 1. The Labute approximate surface area is 91.8 Å². The minimum atomic E-state index is -3.50. The van der Waals surface area contributed by atoms with E-state index in [2.05, 4.69) is 15.9 Å². The summed E-state index contributed by atoms with van der Waals surface area (Å²) in [7, 11) is 0. The van der Waals surface area contributed by atoms with Crippen molar-refractivity contribution >= 4 is 21.9 Å². The molecular weight excluding hydrogens is 277 g/mol. The van der Waals surface area contributed by atoms with Crippen LogP contribution >= 0.6 is 15.9 Å². The van der Waals surface area contributed by atoms with Crippen molar-refractivity contribution in [2.45, 2.75) is 12.3 Å². The van der Waals surface area contributed by atoms with Crippen LogP contribution in [0, 0.1) is 5.82 Å². The van der Waals surface area contributed by atoms with Crippen LogP contribution in [0.4, 0.5) is 13.2 Å².